The molecule has 0 aliphatic heterocycles. The van der Waals surface area contributed by atoms with E-state index in [1.807, 2.05) is 0 Å². The fourth-order valence-corrected chi connectivity index (χ4v) is 3.35. The minimum Gasteiger partial charge on any atom is -0.497 e. The van der Waals surface area contributed by atoms with Crippen LogP contribution in [0.1, 0.15) is 12.1 Å². The Morgan fingerprint density at radius 1 is 1.08 bits per heavy atom. The second-order valence-electron chi connectivity index (χ2n) is 5.28. The van der Waals surface area contributed by atoms with Crippen LogP contribution in [0.25, 0.3) is 5.69 Å². The number of benzene rings is 2. The molecule has 0 bridgehead atoms. The molecule has 0 radical (unpaired) electrons. The number of hydrogen-bond acceptors (Lipinski definition) is 4. The third-order valence-electron chi connectivity index (χ3n) is 3.56. The van der Waals surface area contributed by atoms with Crippen LogP contribution in [0.2, 0.25) is 0 Å². The normalized spacial score (nSPS) is 11.5. The van der Waals surface area contributed by atoms with Gasteiger partial charge in [0.15, 0.2) is 0 Å². The average Bonchev–Trinajstić information content (AvgIpc) is 3.06. The molecule has 1 heterocycles. The summed E-state index contributed by atoms with van der Waals surface area (Å²) in [5.41, 5.74) is -0.130. The SMILES string of the molecule is COc1ccc(-n2nc(C(F)F)cc2NS(=O)(=O)c2ccccc2)cc1. The molecule has 0 amide bonds. The lowest BCUT2D eigenvalue weighted by molar-refractivity contribution is 0.145. The molecular weight excluding hydrogens is 364 g/mol. The van der Waals surface area contributed by atoms with Gasteiger partial charge >= 0.3 is 0 Å². The van der Waals surface area contributed by atoms with Crippen molar-refractivity contribution in [3.8, 4) is 11.4 Å². The maximum Gasteiger partial charge on any atom is 0.282 e. The van der Waals surface area contributed by atoms with Gasteiger partial charge in [0.05, 0.1) is 17.7 Å². The number of methoxy groups -OCH3 is 1. The number of sulfonamides is 1. The maximum absolute atomic E-state index is 13.1. The number of halogens is 2. The van der Waals surface area contributed by atoms with Crippen molar-refractivity contribution < 1.29 is 21.9 Å². The standard InChI is InChI=1S/C17H15F2N3O3S/c1-25-13-9-7-12(8-10-13)22-16(11-15(20-22)17(18)19)21-26(23,24)14-5-3-2-4-6-14/h2-11,17,21H,1H3. The highest BCUT2D eigenvalue weighted by Gasteiger charge is 2.21. The van der Waals surface area contributed by atoms with Crippen molar-refractivity contribution in [2.75, 3.05) is 11.8 Å². The van der Waals surface area contributed by atoms with Crippen molar-refractivity contribution in [3.05, 3.63) is 66.4 Å². The Kier molecular flexibility index (Phi) is 4.90. The van der Waals surface area contributed by atoms with Crippen LogP contribution >= 0.6 is 0 Å². The van der Waals surface area contributed by atoms with Gasteiger partial charge in [-0.25, -0.2) is 21.9 Å². The van der Waals surface area contributed by atoms with Gasteiger partial charge in [0.2, 0.25) is 0 Å². The topological polar surface area (TPSA) is 73.2 Å². The van der Waals surface area contributed by atoms with Gasteiger partial charge in [-0.1, -0.05) is 18.2 Å². The highest BCUT2D eigenvalue weighted by Crippen LogP contribution is 2.26. The molecule has 0 unspecified atom stereocenters. The second-order valence-corrected chi connectivity index (χ2v) is 6.97. The number of rotatable bonds is 6. The summed E-state index contributed by atoms with van der Waals surface area (Å²) in [7, 11) is -2.45. The first-order chi connectivity index (χ1) is 12.4. The predicted molar refractivity (Wildman–Crippen MR) is 92.3 cm³/mol. The zero-order valence-electron chi connectivity index (χ0n) is 13.6. The fraction of sp³-hybridized carbons (Fsp3) is 0.118. The van der Waals surface area contributed by atoms with Crippen LogP contribution in [0.15, 0.2) is 65.6 Å². The van der Waals surface area contributed by atoms with Crippen LogP contribution < -0.4 is 9.46 Å². The number of ether oxygens (including phenoxy) is 1. The van der Waals surface area contributed by atoms with E-state index in [2.05, 4.69) is 9.82 Å². The molecule has 0 fully saturated rings. The molecule has 3 aromatic rings. The summed E-state index contributed by atoms with van der Waals surface area (Å²) in [6, 6.07) is 15.0. The molecule has 0 saturated carbocycles. The van der Waals surface area contributed by atoms with E-state index in [0.29, 0.717) is 11.4 Å². The highest BCUT2D eigenvalue weighted by molar-refractivity contribution is 7.92. The lowest BCUT2D eigenvalue weighted by atomic mass is 10.3. The summed E-state index contributed by atoms with van der Waals surface area (Å²) in [6.07, 6.45) is -2.84. The Bertz CT molecular complexity index is 988. The lowest BCUT2D eigenvalue weighted by Crippen LogP contribution is -2.15. The number of nitrogens with one attached hydrogen (secondary N) is 1. The summed E-state index contributed by atoms with van der Waals surface area (Å²) >= 11 is 0. The largest absolute Gasteiger partial charge is 0.497 e. The molecule has 6 nitrogen and oxygen atoms in total. The molecule has 0 saturated heterocycles. The number of nitrogens with zero attached hydrogens (tertiary/aromatic N) is 2. The van der Waals surface area contributed by atoms with Crippen molar-refractivity contribution in [2.24, 2.45) is 0 Å². The minimum absolute atomic E-state index is 0.0149. The number of aromatic nitrogens is 2. The number of alkyl halides is 2. The number of anilines is 1. The molecule has 9 heteroatoms. The average molecular weight is 379 g/mol. The van der Waals surface area contributed by atoms with Crippen molar-refractivity contribution >= 4 is 15.8 Å². The summed E-state index contributed by atoms with van der Waals surface area (Å²) in [4.78, 5) is 0.0149. The van der Waals surface area contributed by atoms with Crippen molar-refractivity contribution in [1.29, 1.82) is 0 Å². The molecule has 0 aliphatic rings. The van der Waals surface area contributed by atoms with Gasteiger partial charge in [-0.15, -0.1) is 0 Å². The monoisotopic (exact) mass is 379 g/mol. The van der Waals surface area contributed by atoms with E-state index in [9.17, 15) is 17.2 Å². The third kappa shape index (κ3) is 3.67. The van der Waals surface area contributed by atoms with Crippen LogP contribution in [0.4, 0.5) is 14.6 Å². The summed E-state index contributed by atoms with van der Waals surface area (Å²) in [5, 5.41) is 3.81. The van der Waals surface area contributed by atoms with E-state index in [4.69, 9.17) is 4.74 Å². The zero-order chi connectivity index (χ0) is 18.7. The van der Waals surface area contributed by atoms with Crippen LogP contribution in [0.5, 0.6) is 5.75 Å². The predicted octanol–water partition coefficient (Wildman–Crippen LogP) is 3.62. The molecule has 26 heavy (non-hydrogen) atoms. The van der Waals surface area contributed by atoms with Gasteiger partial charge in [-0.3, -0.25) is 4.72 Å². The van der Waals surface area contributed by atoms with Gasteiger partial charge in [0.1, 0.15) is 17.3 Å². The van der Waals surface area contributed by atoms with Gasteiger partial charge < -0.3 is 4.74 Å². The zero-order valence-corrected chi connectivity index (χ0v) is 14.5. The van der Waals surface area contributed by atoms with E-state index in [-0.39, 0.29) is 10.7 Å². The molecule has 0 aliphatic carbocycles. The van der Waals surface area contributed by atoms with Crippen LogP contribution in [0, 0.1) is 0 Å². The third-order valence-corrected chi connectivity index (χ3v) is 4.93. The Hall–Kier alpha value is -2.94. The first kappa shape index (κ1) is 17.9. The minimum atomic E-state index is -3.95. The molecule has 0 atom stereocenters. The molecule has 2 aromatic carbocycles. The molecule has 136 valence electrons. The smallest absolute Gasteiger partial charge is 0.282 e. The summed E-state index contributed by atoms with van der Waals surface area (Å²) < 4.78 is 59.6. The quantitative estimate of drug-likeness (QED) is 0.710. The molecule has 0 spiro atoms. The Morgan fingerprint density at radius 2 is 1.73 bits per heavy atom. The van der Waals surface area contributed by atoms with Crippen LogP contribution in [-0.4, -0.2) is 25.3 Å². The van der Waals surface area contributed by atoms with Crippen LogP contribution in [0.3, 0.4) is 0 Å². The van der Waals surface area contributed by atoms with E-state index in [0.717, 1.165) is 10.7 Å². The fourth-order valence-electron chi connectivity index (χ4n) is 2.30. The first-order valence-corrected chi connectivity index (χ1v) is 8.99. The van der Waals surface area contributed by atoms with Gasteiger partial charge in [0, 0.05) is 6.07 Å². The molecule has 1 N–H and O–H groups in total. The van der Waals surface area contributed by atoms with E-state index in [1.54, 1.807) is 42.5 Å². The molecular formula is C17H15F2N3O3S. The molecule has 3 rings (SSSR count). The second kappa shape index (κ2) is 7.12. The lowest BCUT2D eigenvalue weighted by Gasteiger charge is -2.11. The summed E-state index contributed by atoms with van der Waals surface area (Å²) in [5.74, 6) is 0.482. The summed E-state index contributed by atoms with van der Waals surface area (Å²) in [6.45, 7) is 0. The van der Waals surface area contributed by atoms with Crippen molar-refractivity contribution in [2.45, 2.75) is 11.3 Å². The Balaban J connectivity index is 2.03. The maximum atomic E-state index is 13.1. The van der Waals surface area contributed by atoms with Crippen LogP contribution in [-0.2, 0) is 10.0 Å². The van der Waals surface area contributed by atoms with Gasteiger partial charge in [0.25, 0.3) is 16.4 Å². The number of hydrogen-bond donors (Lipinski definition) is 1. The van der Waals surface area contributed by atoms with Gasteiger partial charge in [-0.2, -0.15) is 5.10 Å². The van der Waals surface area contributed by atoms with E-state index >= 15 is 0 Å². The first-order valence-electron chi connectivity index (χ1n) is 7.51. The highest BCUT2D eigenvalue weighted by atomic mass is 32.2. The Labute approximate surface area is 149 Å². The van der Waals surface area contributed by atoms with Crippen molar-refractivity contribution in [1.82, 2.24) is 9.78 Å². The van der Waals surface area contributed by atoms with Gasteiger partial charge in [-0.05, 0) is 36.4 Å². The van der Waals surface area contributed by atoms with E-state index < -0.39 is 22.1 Å². The molecule has 1 aromatic heterocycles. The van der Waals surface area contributed by atoms with Crippen molar-refractivity contribution in [3.63, 3.8) is 0 Å². The Morgan fingerprint density at radius 3 is 2.31 bits per heavy atom. The van der Waals surface area contributed by atoms with E-state index in [1.165, 1.54) is 19.2 Å².